The Labute approximate surface area is 58.9 Å². The summed E-state index contributed by atoms with van der Waals surface area (Å²) in [6.07, 6.45) is 0.377. The molecule has 0 radical (unpaired) electrons. The summed E-state index contributed by atoms with van der Waals surface area (Å²) in [5.41, 5.74) is 0. The van der Waals surface area contributed by atoms with E-state index in [1.807, 2.05) is 0 Å². The lowest BCUT2D eigenvalue weighted by Gasteiger charge is -1.95. The first-order valence-electron chi connectivity index (χ1n) is 2.61. The third kappa shape index (κ3) is 15.9. The van der Waals surface area contributed by atoms with Gasteiger partial charge in [0.25, 0.3) is 0 Å². The van der Waals surface area contributed by atoms with Crippen molar-refractivity contribution in [2.75, 3.05) is 13.7 Å². The second-order valence-electron chi connectivity index (χ2n) is 1.07. The molecule has 0 atom stereocenters. The number of alkyl carbamates (subject to hydrolysis) is 1. The monoisotopic (exact) mass is 146 g/mol. The molecule has 0 aromatic heterocycles. The van der Waals surface area contributed by atoms with E-state index in [-0.39, 0.29) is 6.09 Å². The van der Waals surface area contributed by atoms with Crippen LogP contribution in [0.1, 0.15) is 6.92 Å². The quantitative estimate of drug-likeness (QED) is 0.411. The van der Waals surface area contributed by atoms with Crippen LogP contribution in [-0.4, -0.2) is 25.8 Å². The van der Waals surface area contributed by atoms with Crippen molar-refractivity contribution in [3.8, 4) is 0 Å². The zero-order chi connectivity index (χ0) is 8.41. The minimum Gasteiger partial charge on any atom is -0.450 e. The van der Waals surface area contributed by atoms with Crippen molar-refractivity contribution >= 4 is 12.2 Å². The Morgan fingerprint density at radius 3 is 2.30 bits per heavy atom. The van der Waals surface area contributed by atoms with E-state index in [0.717, 1.165) is 6.08 Å². The molecule has 5 heteroatoms. The van der Waals surface area contributed by atoms with E-state index < -0.39 is 0 Å². The Balaban J connectivity index is 0. The number of amides is 1. The molecule has 0 saturated heterocycles. The van der Waals surface area contributed by atoms with Crippen molar-refractivity contribution in [3.63, 3.8) is 0 Å². The van der Waals surface area contributed by atoms with E-state index in [0.29, 0.717) is 6.61 Å². The van der Waals surface area contributed by atoms with Crippen molar-refractivity contribution in [1.82, 2.24) is 5.32 Å². The Morgan fingerprint density at radius 2 is 2.20 bits per heavy atom. The fourth-order valence-electron chi connectivity index (χ4n) is 0.203. The molecule has 0 aliphatic heterocycles. The average molecular weight is 146 g/mol. The van der Waals surface area contributed by atoms with Gasteiger partial charge in [0.1, 0.15) is 0 Å². The fourth-order valence-corrected chi connectivity index (χ4v) is 0.203. The lowest BCUT2D eigenvalue weighted by atomic mass is 10.9. The molecule has 5 nitrogen and oxygen atoms in total. The third-order valence-electron chi connectivity index (χ3n) is 0.480. The van der Waals surface area contributed by atoms with Gasteiger partial charge in [-0.15, -0.1) is 0 Å². The number of hydrogen-bond acceptors (Lipinski definition) is 4. The molecule has 0 unspecified atom stereocenters. The van der Waals surface area contributed by atoms with Gasteiger partial charge in [-0.1, -0.05) is 0 Å². The molecule has 0 rings (SSSR count). The van der Waals surface area contributed by atoms with Crippen molar-refractivity contribution < 1.29 is 14.3 Å². The summed E-state index contributed by atoms with van der Waals surface area (Å²) in [5.74, 6) is 0. The molecule has 1 amide bonds. The minimum absolute atomic E-state index is 0.373. The minimum atomic E-state index is -0.373. The fraction of sp³-hybridized carbons (Fsp3) is 0.600. The number of ether oxygens (including phenoxy) is 1. The summed E-state index contributed by atoms with van der Waals surface area (Å²) >= 11 is 0. The number of rotatable bonds is 1. The van der Waals surface area contributed by atoms with Crippen molar-refractivity contribution in [3.05, 3.63) is 0 Å². The molecule has 0 saturated carbocycles. The molecule has 0 fully saturated rings. The van der Waals surface area contributed by atoms with Crippen LogP contribution in [-0.2, 0) is 9.53 Å². The lowest BCUT2D eigenvalue weighted by Crippen LogP contribution is -2.18. The number of isocyanates is 1. The van der Waals surface area contributed by atoms with Crippen LogP contribution in [0.5, 0.6) is 0 Å². The zero-order valence-electron chi connectivity index (χ0n) is 5.93. The predicted molar refractivity (Wildman–Crippen MR) is 34.5 cm³/mol. The normalized spacial score (nSPS) is 6.20. The van der Waals surface area contributed by atoms with Gasteiger partial charge in [0, 0.05) is 7.05 Å². The molecule has 58 valence electrons. The largest absolute Gasteiger partial charge is 0.450 e. The number of nitrogens with one attached hydrogen (secondary N) is 2. The van der Waals surface area contributed by atoms with Crippen LogP contribution in [0.4, 0.5) is 4.79 Å². The van der Waals surface area contributed by atoms with Crippen molar-refractivity contribution in [1.29, 1.82) is 5.41 Å². The van der Waals surface area contributed by atoms with Gasteiger partial charge in [0.05, 0.1) is 6.61 Å². The van der Waals surface area contributed by atoms with E-state index >= 15 is 0 Å². The first-order chi connectivity index (χ1) is 4.72. The Hall–Kier alpha value is -1.35. The number of carbonyl (C=O) groups excluding carboxylic acids is 2. The van der Waals surface area contributed by atoms with Crippen molar-refractivity contribution in [2.24, 2.45) is 0 Å². The van der Waals surface area contributed by atoms with Crippen LogP contribution < -0.4 is 5.32 Å². The van der Waals surface area contributed by atoms with Crippen LogP contribution in [0.3, 0.4) is 0 Å². The van der Waals surface area contributed by atoms with Gasteiger partial charge in [-0.3, -0.25) is 0 Å². The van der Waals surface area contributed by atoms with Crippen LogP contribution in [0.15, 0.2) is 0 Å². The van der Waals surface area contributed by atoms with Gasteiger partial charge in [0.15, 0.2) is 0 Å². The molecule has 2 N–H and O–H groups in total. The molecule has 0 aliphatic rings. The second kappa shape index (κ2) is 10.6. The topological polar surface area (TPSA) is 79.2 Å². The summed E-state index contributed by atoms with van der Waals surface area (Å²) in [4.78, 5) is 18.4. The molecule has 0 aliphatic carbocycles. The van der Waals surface area contributed by atoms with Crippen LogP contribution in [0.25, 0.3) is 0 Å². The third-order valence-corrected chi connectivity index (χ3v) is 0.480. The standard InChI is InChI=1S/C4H9NO2.CHNO/c1-3-7-4(6)5-2;2-1-3/h3H2,1-2H3,(H,5,6);2H. The highest BCUT2D eigenvalue weighted by atomic mass is 16.5. The van der Waals surface area contributed by atoms with Crippen LogP contribution in [0.2, 0.25) is 0 Å². The number of hydrogen-bond donors (Lipinski definition) is 2. The summed E-state index contributed by atoms with van der Waals surface area (Å²) in [6.45, 7) is 2.19. The highest BCUT2D eigenvalue weighted by molar-refractivity contribution is 5.66. The molecule has 0 bridgehead atoms. The van der Waals surface area contributed by atoms with Crippen LogP contribution >= 0.6 is 0 Å². The first-order valence-corrected chi connectivity index (χ1v) is 2.61. The zero-order valence-corrected chi connectivity index (χ0v) is 5.93. The SMILES string of the molecule is CCOC(=O)NC.N=C=O. The molecule has 0 aromatic carbocycles. The highest BCUT2D eigenvalue weighted by Gasteiger charge is 1.89. The van der Waals surface area contributed by atoms with Gasteiger partial charge < -0.3 is 10.1 Å². The summed E-state index contributed by atoms with van der Waals surface area (Å²) in [6, 6.07) is 0. The molecule has 0 aromatic rings. The average Bonchev–Trinajstić information content (AvgIpc) is 1.90. The summed E-state index contributed by atoms with van der Waals surface area (Å²) < 4.78 is 4.44. The maximum Gasteiger partial charge on any atom is 0.406 e. The second-order valence-corrected chi connectivity index (χ2v) is 1.07. The van der Waals surface area contributed by atoms with E-state index in [1.54, 1.807) is 6.92 Å². The Kier molecular flexibility index (Phi) is 12.1. The van der Waals surface area contributed by atoms with Gasteiger partial charge in [-0.05, 0) is 6.92 Å². The molecular formula is C5H10N2O3. The Bertz CT molecular complexity index is 118. The van der Waals surface area contributed by atoms with E-state index in [9.17, 15) is 4.79 Å². The van der Waals surface area contributed by atoms with Gasteiger partial charge in [0.2, 0.25) is 6.08 Å². The van der Waals surface area contributed by atoms with Gasteiger partial charge in [-0.2, -0.15) is 0 Å². The maximum absolute atomic E-state index is 10.1. The molecule has 0 heterocycles. The number of carbonyl (C=O) groups is 1. The molecule has 0 spiro atoms. The van der Waals surface area contributed by atoms with Crippen molar-refractivity contribution in [2.45, 2.75) is 6.92 Å². The van der Waals surface area contributed by atoms with Gasteiger partial charge in [-0.25, -0.2) is 15.0 Å². The summed E-state index contributed by atoms with van der Waals surface area (Å²) in [7, 11) is 1.53. The molecular weight excluding hydrogens is 136 g/mol. The predicted octanol–water partition coefficient (Wildman–Crippen LogP) is 0.263. The molecule has 10 heavy (non-hydrogen) atoms. The maximum atomic E-state index is 10.1. The Morgan fingerprint density at radius 1 is 1.80 bits per heavy atom. The van der Waals surface area contributed by atoms with Gasteiger partial charge >= 0.3 is 6.09 Å². The van der Waals surface area contributed by atoms with E-state index in [2.05, 4.69) is 10.1 Å². The lowest BCUT2D eigenvalue weighted by molar-refractivity contribution is 0.154. The van der Waals surface area contributed by atoms with Crippen LogP contribution in [0, 0.1) is 5.41 Å². The first kappa shape index (κ1) is 11.4. The summed E-state index contributed by atoms with van der Waals surface area (Å²) in [5, 5.41) is 7.71. The van der Waals surface area contributed by atoms with E-state index in [4.69, 9.17) is 10.2 Å². The van der Waals surface area contributed by atoms with E-state index in [1.165, 1.54) is 7.05 Å². The smallest absolute Gasteiger partial charge is 0.406 e. The highest BCUT2D eigenvalue weighted by Crippen LogP contribution is 1.70.